The van der Waals surface area contributed by atoms with Crippen LogP contribution in [0.5, 0.6) is 0 Å². The van der Waals surface area contributed by atoms with Crippen molar-refractivity contribution in [2.75, 3.05) is 6.54 Å². The van der Waals surface area contributed by atoms with E-state index in [0.29, 0.717) is 5.02 Å². The zero-order valence-electron chi connectivity index (χ0n) is 8.97. The maximum absolute atomic E-state index is 10.8. The molecule has 0 saturated carbocycles. The highest BCUT2D eigenvalue weighted by molar-refractivity contribution is 6.30. The Labute approximate surface area is 99.0 Å². The highest BCUT2D eigenvalue weighted by Gasteiger charge is 2.57. The van der Waals surface area contributed by atoms with E-state index in [1.54, 1.807) is 12.1 Å². The molecule has 5 heteroatoms. The lowest BCUT2D eigenvalue weighted by molar-refractivity contribution is -0.507. The molecular weight excluding hydrogens is 228 g/mol. The molecule has 0 amide bonds. The molecule has 4 nitrogen and oxygen atoms in total. The molecule has 0 spiro atoms. The van der Waals surface area contributed by atoms with Crippen molar-refractivity contribution in [3.05, 3.63) is 45.0 Å². The first-order valence-electron chi connectivity index (χ1n) is 5.30. The molecule has 16 heavy (non-hydrogen) atoms. The van der Waals surface area contributed by atoms with Gasteiger partial charge in [0, 0.05) is 16.5 Å². The summed E-state index contributed by atoms with van der Waals surface area (Å²) in [5.74, 6) is 0. The monoisotopic (exact) mass is 240 g/mol. The third-order valence-corrected chi connectivity index (χ3v) is 3.05. The Morgan fingerprint density at radius 2 is 2.06 bits per heavy atom. The molecule has 1 aliphatic rings. The van der Waals surface area contributed by atoms with Gasteiger partial charge in [-0.2, -0.15) is 0 Å². The van der Waals surface area contributed by atoms with Crippen LogP contribution >= 0.6 is 11.6 Å². The average Bonchev–Trinajstić information content (AvgIpc) is 2.94. The Morgan fingerprint density at radius 3 is 2.56 bits per heavy atom. The molecule has 1 saturated heterocycles. The molecule has 1 heterocycles. The SMILES string of the molecule is CCCN1[C@H](c2ccc(Cl)cc2)[C@H]1[N+](=O)[O-]. The molecule has 1 unspecified atom stereocenters. The molecule has 0 N–H and O–H groups in total. The van der Waals surface area contributed by atoms with Crippen molar-refractivity contribution in [1.82, 2.24) is 4.90 Å². The van der Waals surface area contributed by atoms with Crippen molar-refractivity contribution in [2.24, 2.45) is 0 Å². The smallest absolute Gasteiger partial charge is 0.263 e. The first-order chi connectivity index (χ1) is 7.65. The molecule has 3 atom stereocenters. The number of benzene rings is 1. The predicted octanol–water partition coefficient (Wildman–Crippen LogP) is 2.71. The Hall–Kier alpha value is -1.13. The van der Waals surface area contributed by atoms with E-state index in [1.165, 1.54) is 0 Å². The standard InChI is InChI=1S/C11H13ClN2O2/c1-2-7-13-10(11(13)14(15)16)8-3-5-9(12)6-4-8/h3-6,10-11H,2,7H2,1H3/t10-,11-,13?/m1/s1. The van der Waals surface area contributed by atoms with Crippen molar-refractivity contribution in [3.8, 4) is 0 Å². The van der Waals surface area contributed by atoms with Gasteiger partial charge in [0.1, 0.15) is 6.04 Å². The second-order valence-corrected chi connectivity index (χ2v) is 4.37. The summed E-state index contributed by atoms with van der Waals surface area (Å²) in [6.07, 6.45) is 0.371. The molecule has 1 fully saturated rings. The van der Waals surface area contributed by atoms with Crippen molar-refractivity contribution in [3.63, 3.8) is 0 Å². The zero-order valence-corrected chi connectivity index (χ0v) is 9.72. The van der Waals surface area contributed by atoms with Crippen molar-refractivity contribution in [1.29, 1.82) is 0 Å². The summed E-state index contributed by atoms with van der Waals surface area (Å²) < 4.78 is 0. The molecule has 0 aromatic heterocycles. The Kier molecular flexibility index (Phi) is 3.12. The van der Waals surface area contributed by atoms with Gasteiger partial charge in [0.25, 0.3) is 6.17 Å². The lowest BCUT2D eigenvalue weighted by Gasteiger charge is -1.98. The molecule has 0 bridgehead atoms. The second-order valence-electron chi connectivity index (χ2n) is 3.93. The molecule has 2 rings (SSSR count). The summed E-state index contributed by atoms with van der Waals surface area (Å²) in [6.45, 7) is 2.78. The summed E-state index contributed by atoms with van der Waals surface area (Å²) in [5, 5.41) is 11.5. The van der Waals surface area contributed by atoms with E-state index in [1.807, 2.05) is 24.0 Å². The largest absolute Gasteiger partial charge is 0.289 e. The maximum atomic E-state index is 10.8. The normalized spacial score (nSPS) is 27.8. The number of rotatable bonds is 4. The van der Waals surface area contributed by atoms with Crippen LogP contribution in [0, 0.1) is 10.1 Å². The van der Waals surface area contributed by atoms with Crippen LogP contribution in [0.1, 0.15) is 24.9 Å². The van der Waals surface area contributed by atoms with Crippen LogP contribution in [-0.4, -0.2) is 22.5 Å². The molecule has 1 aromatic rings. The number of nitrogens with zero attached hydrogens (tertiary/aromatic N) is 2. The summed E-state index contributed by atoms with van der Waals surface area (Å²) in [4.78, 5) is 12.5. The number of nitro groups is 1. The average molecular weight is 241 g/mol. The van der Waals surface area contributed by atoms with Crippen LogP contribution in [0.15, 0.2) is 24.3 Å². The number of hydrogen-bond acceptors (Lipinski definition) is 3. The summed E-state index contributed by atoms with van der Waals surface area (Å²) in [6, 6.07) is 7.19. The highest BCUT2D eigenvalue weighted by atomic mass is 35.5. The van der Waals surface area contributed by atoms with Gasteiger partial charge >= 0.3 is 0 Å². The number of hydrogen-bond donors (Lipinski definition) is 0. The van der Waals surface area contributed by atoms with Gasteiger partial charge in [-0.25, -0.2) is 4.90 Å². The van der Waals surface area contributed by atoms with Gasteiger partial charge in [-0.1, -0.05) is 30.7 Å². The van der Waals surface area contributed by atoms with E-state index in [2.05, 4.69) is 0 Å². The van der Waals surface area contributed by atoms with Crippen LogP contribution in [0.3, 0.4) is 0 Å². The minimum absolute atomic E-state index is 0.0767. The van der Waals surface area contributed by atoms with Crippen molar-refractivity contribution in [2.45, 2.75) is 25.6 Å². The minimum Gasteiger partial charge on any atom is -0.263 e. The van der Waals surface area contributed by atoms with E-state index < -0.39 is 6.17 Å². The van der Waals surface area contributed by atoms with Crippen LogP contribution in [0.4, 0.5) is 0 Å². The van der Waals surface area contributed by atoms with E-state index in [0.717, 1.165) is 18.5 Å². The minimum atomic E-state index is -0.555. The van der Waals surface area contributed by atoms with Gasteiger partial charge in [-0.3, -0.25) is 10.1 Å². The van der Waals surface area contributed by atoms with Gasteiger partial charge in [0.2, 0.25) is 0 Å². The van der Waals surface area contributed by atoms with Crippen LogP contribution in [-0.2, 0) is 0 Å². The van der Waals surface area contributed by atoms with E-state index in [9.17, 15) is 10.1 Å². The van der Waals surface area contributed by atoms with Gasteiger partial charge in [0.15, 0.2) is 0 Å². The summed E-state index contributed by atoms with van der Waals surface area (Å²) in [5.41, 5.74) is 0.972. The molecule has 1 aliphatic heterocycles. The van der Waals surface area contributed by atoms with Gasteiger partial charge in [0.05, 0.1) is 0 Å². The van der Waals surface area contributed by atoms with E-state index in [4.69, 9.17) is 11.6 Å². The fourth-order valence-corrected chi connectivity index (χ4v) is 2.18. The van der Waals surface area contributed by atoms with Crippen molar-refractivity contribution >= 4 is 11.6 Å². The Morgan fingerprint density at radius 1 is 1.44 bits per heavy atom. The van der Waals surface area contributed by atoms with Crippen LogP contribution < -0.4 is 0 Å². The molecule has 0 radical (unpaired) electrons. The Bertz CT molecular complexity index is 393. The van der Waals surface area contributed by atoms with Crippen LogP contribution in [0.25, 0.3) is 0 Å². The maximum Gasteiger partial charge on any atom is 0.289 e. The first kappa shape index (κ1) is 11.4. The van der Waals surface area contributed by atoms with Gasteiger partial charge in [-0.05, 0) is 24.1 Å². The molecule has 86 valence electrons. The fourth-order valence-electron chi connectivity index (χ4n) is 2.05. The quantitative estimate of drug-likeness (QED) is 0.462. The zero-order chi connectivity index (χ0) is 11.7. The van der Waals surface area contributed by atoms with E-state index in [-0.39, 0.29) is 11.0 Å². The summed E-state index contributed by atoms with van der Waals surface area (Å²) in [7, 11) is 0. The van der Waals surface area contributed by atoms with Crippen molar-refractivity contribution < 1.29 is 4.92 Å². The highest BCUT2D eigenvalue weighted by Crippen LogP contribution is 2.43. The lowest BCUT2D eigenvalue weighted by Crippen LogP contribution is -2.10. The second kappa shape index (κ2) is 4.39. The third-order valence-electron chi connectivity index (χ3n) is 2.80. The van der Waals surface area contributed by atoms with Gasteiger partial charge in [-0.15, -0.1) is 0 Å². The number of halogens is 1. The lowest BCUT2D eigenvalue weighted by atomic mass is 10.1. The van der Waals surface area contributed by atoms with Gasteiger partial charge < -0.3 is 0 Å². The topological polar surface area (TPSA) is 46.1 Å². The van der Waals surface area contributed by atoms with E-state index >= 15 is 0 Å². The molecule has 1 aromatic carbocycles. The summed E-state index contributed by atoms with van der Waals surface area (Å²) >= 11 is 5.79. The first-order valence-corrected chi connectivity index (χ1v) is 5.67. The predicted molar refractivity (Wildman–Crippen MR) is 62.0 cm³/mol. The molecule has 0 aliphatic carbocycles. The van der Waals surface area contributed by atoms with Crippen LogP contribution in [0.2, 0.25) is 5.02 Å². The molecular formula is C11H13ClN2O2. The Balaban J connectivity index is 2.15. The third kappa shape index (κ3) is 2.03. The fraction of sp³-hybridized carbons (Fsp3) is 0.455.